The van der Waals surface area contributed by atoms with Crippen molar-refractivity contribution in [3.8, 4) is 0 Å². The second-order valence-electron chi connectivity index (χ2n) is 2.61. The monoisotopic (exact) mass is 244 g/mol. The Labute approximate surface area is 68.4 Å². The normalized spacial score (nSPS) is 11.4. The van der Waals surface area contributed by atoms with Crippen molar-refractivity contribution in [2.45, 2.75) is 0 Å². The molecule has 0 aliphatic rings. The van der Waals surface area contributed by atoms with Crippen LogP contribution in [0, 0.1) is 0 Å². The summed E-state index contributed by atoms with van der Waals surface area (Å²) >= 11 is 2.17. The Balaban J connectivity index is 3.71. The van der Waals surface area contributed by atoms with Crippen LogP contribution >= 0.6 is 22.6 Å². The van der Waals surface area contributed by atoms with Crippen LogP contribution in [0.1, 0.15) is 0 Å². The topological polar surface area (TPSA) is 37.3 Å². The standard InChI is InChI=1S/C5H10INO2/c1-7(2,4-6)3-5(8)9/h3-4H2,1-2H3/p+1. The van der Waals surface area contributed by atoms with Crippen LogP contribution in [0.2, 0.25) is 0 Å². The second kappa shape index (κ2) is 3.36. The average molecular weight is 244 g/mol. The number of carbonyl (C=O) groups is 1. The number of alkyl halides is 1. The molecule has 0 saturated heterocycles. The summed E-state index contributed by atoms with van der Waals surface area (Å²) in [5.41, 5.74) is 0. The van der Waals surface area contributed by atoms with Crippen LogP contribution in [0.15, 0.2) is 0 Å². The fourth-order valence-corrected chi connectivity index (χ4v) is 0.650. The zero-order valence-corrected chi connectivity index (χ0v) is 7.75. The molecule has 0 radical (unpaired) electrons. The number of carboxylic acid groups (broad SMARTS) is 1. The van der Waals surface area contributed by atoms with Crippen LogP contribution in [0.5, 0.6) is 0 Å². The fraction of sp³-hybridized carbons (Fsp3) is 0.800. The number of nitrogens with zero attached hydrogens (tertiary/aromatic N) is 1. The van der Waals surface area contributed by atoms with Gasteiger partial charge in [0.2, 0.25) is 0 Å². The van der Waals surface area contributed by atoms with Gasteiger partial charge in [0.05, 0.1) is 14.1 Å². The first-order chi connectivity index (χ1) is 3.98. The lowest BCUT2D eigenvalue weighted by atomic mass is 10.5. The maximum absolute atomic E-state index is 10.2. The minimum atomic E-state index is -0.739. The first-order valence-electron chi connectivity index (χ1n) is 2.58. The van der Waals surface area contributed by atoms with E-state index in [1.54, 1.807) is 0 Å². The van der Waals surface area contributed by atoms with Gasteiger partial charge in [-0.25, -0.2) is 4.79 Å². The second-order valence-corrected chi connectivity index (χ2v) is 3.29. The van der Waals surface area contributed by atoms with Gasteiger partial charge in [-0.2, -0.15) is 0 Å². The molecule has 0 aromatic heterocycles. The Morgan fingerprint density at radius 1 is 1.67 bits per heavy atom. The number of hydrogen-bond acceptors (Lipinski definition) is 1. The molecule has 0 atom stereocenters. The minimum absolute atomic E-state index is 0.197. The largest absolute Gasteiger partial charge is 0.477 e. The SMILES string of the molecule is C[N+](C)(CI)CC(=O)O. The molecule has 0 saturated carbocycles. The minimum Gasteiger partial charge on any atom is -0.477 e. The lowest BCUT2D eigenvalue weighted by Crippen LogP contribution is -2.42. The highest BCUT2D eigenvalue weighted by atomic mass is 127. The van der Waals surface area contributed by atoms with E-state index >= 15 is 0 Å². The predicted molar refractivity (Wildman–Crippen MR) is 43.5 cm³/mol. The lowest BCUT2D eigenvalue weighted by Gasteiger charge is -2.24. The molecular weight excluding hydrogens is 233 g/mol. The quantitative estimate of drug-likeness (QED) is 0.340. The van der Waals surface area contributed by atoms with Gasteiger partial charge in [-0.05, 0) is 22.6 Å². The maximum atomic E-state index is 10.2. The van der Waals surface area contributed by atoms with Crippen molar-refractivity contribution in [3.05, 3.63) is 0 Å². The molecule has 0 aliphatic heterocycles. The molecule has 0 bridgehead atoms. The molecule has 0 heterocycles. The summed E-state index contributed by atoms with van der Waals surface area (Å²) in [5, 5.41) is 8.36. The van der Waals surface area contributed by atoms with Crippen LogP contribution in [-0.2, 0) is 4.79 Å². The molecule has 0 aromatic carbocycles. The Morgan fingerprint density at radius 2 is 2.11 bits per heavy atom. The number of aliphatic carboxylic acids is 1. The van der Waals surface area contributed by atoms with Gasteiger partial charge in [-0.1, -0.05) is 0 Å². The van der Waals surface area contributed by atoms with E-state index in [4.69, 9.17) is 5.11 Å². The van der Waals surface area contributed by atoms with Gasteiger partial charge in [-0.15, -0.1) is 0 Å². The van der Waals surface area contributed by atoms with Gasteiger partial charge in [0.25, 0.3) is 0 Å². The highest BCUT2D eigenvalue weighted by Crippen LogP contribution is 1.99. The van der Waals surface area contributed by atoms with E-state index < -0.39 is 5.97 Å². The van der Waals surface area contributed by atoms with Crippen LogP contribution < -0.4 is 0 Å². The lowest BCUT2D eigenvalue weighted by molar-refractivity contribution is -0.866. The zero-order valence-electron chi connectivity index (χ0n) is 5.59. The van der Waals surface area contributed by atoms with Gasteiger partial charge in [0.1, 0.15) is 4.55 Å². The van der Waals surface area contributed by atoms with Crippen molar-refractivity contribution in [2.75, 3.05) is 25.2 Å². The fourth-order valence-electron chi connectivity index (χ4n) is 0.408. The highest BCUT2D eigenvalue weighted by Gasteiger charge is 2.16. The molecule has 0 spiro atoms. The average Bonchev–Trinajstić information content (AvgIpc) is 1.63. The van der Waals surface area contributed by atoms with Crippen molar-refractivity contribution in [1.29, 1.82) is 0 Å². The zero-order chi connectivity index (χ0) is 7.49. The molecule has 0 aromatic rings. The van der Waals surface area contributed by atoms with E-state index in [0.29, 0.717) is 4.48 Å². The van der Waals surface area contributed by atoms with Crippen molar-refractivity contribution in [1.82, 2.24) is 0 Å². The Bertz CT molecular complexity index is 114. The summed E-state index contributed by atoms with van der Waals surface area (Å²) in [6.45, 7) is 0.197. The summed E-state index contributed by atoms with van der Waals surface area (Å²) in [7, 11) is 3.78. The van der Waals surface area contributed by atoms with Gasteiger partial charge >= 0.3 is 5.97 Å². The number of likely N-dealkylation sites (N-methyl/N-ethyl adjacent to an activating group) is 1. The highest BCUT2D eigenvalue weighted by molar-refractivity contribution is 14.1. The van der Waals surface area contributed by atoms with Gasteiger partial charge in [-0.3, -0.25) is 0 Å². The first kappa shape index (κ1) is 9.16. The summed E-state index contributed by atoms with van der Waals surface area (Å²) in [6, 6.07) is 0. The molecule has 0 fully saturated rings. The van der Waals surface area contributed by atoms with Crippen molar-refractivity contribution >= 4 is 28.6 Å². The van der Waals surface area contributed by atoms with Gasteiger partial charge < -0.3 is 9.59 Å². The summed E-state index contributed by atoms with van der Waals surface area (Å²) in [4.78, 5) is 10.2. The van der Waals surface area contributed by atoms with Crippen LogP contribution in [-0.4, -0.2) is 40.8 Å². The van der Waals surface area contributed by atoms with Crippen LogP contribution in [0.25, 0.3) is 0 Å². The van der Waals surface area contributed by atoms with Crippen LogP contribution in [0.4, 0.5) is 0 Å². The van der Waals surface area contributed by atoms with Crippen molar-refractivity contribution < 1.29 is 14.4 Å². The molecule has 3 nitrogen and oxygen atoms in total. The van der Waals surface area contributed by atoms with E-state index in [1.165, 1.54) is 0 Å². The van der Waals surface area contributed by atoms with E-state index in [1.807, 2.05) is 14.1 Å². The molecule has 0 aliphatic carbocycles. The summed E-state index contributed by atoms with van der Waals surface area (Å²) in [5.74, 6) is -0.739. The predicted octanol–water partition coefficient (Wildman–Crippen LogP) is 0.540. The first-order valence-corrected chi connectivity index (χ1v) is 4.10. The molecular formula is C5H11INO2+. The number of rotatable bonds is 3. The van der Waals surface area contributed by atoms with Gasteiger partial charge in [0, 0.05) is 0 Å². The number of halogens is 1. The van der Waals surface area contributed by atoms with Crippen LogP contribution in [0.3, 0.4) is 0 Å². The molecule has 54 valence electrons. The number of hydrogen-bond donors (Lipinski definition) is 1. The van der Waals surface area contributed by atoms with Crippen molar-refractivity contribution in [2.24, 2.45) is 0 Å². The molecule has 4 heteroatoms. The summed E-state index contributed by atoms with van der Waals surface area (Å²) < 4.78 is 1.36. The molecule has 0 rings (SSSR count). The number of quaternary nitrogens is 1. The molecule has 0 unspecified atom stereocenters. The van der Waals surface area contributed by atoms with E-state index in [2.05, 4.69) is 22.6 Å². The molecule has 1 N–H and O–H groups in total. The Hall–Kier alpha value is 0.160. The smallest absolute Gasteiger partial charge is 0.359 e. The Kier molecular flexibility index (Phi) is 3.42. The van der Waals surface area contributed by atoms with Gasteiger partial charge in [0.15, 0.2) is 6.54 Å². The summed E-state index contributed by atoms with van der Waals surface area (Å²) in [6.07, 6.45) is 0. The molecule has 9 heavy (non-hydrogen) atoms. The third-order valence-corrected chi connectivity index (χ3v) is 2.73. The van der Waals surface area contributed by atoms with E-state index in [-0.39, 0.29) is 6.54 Å². The third kappa shape index (κ3) is 4.65. The molecule has 0 amide bonds. The number of carboxylic acids is 1. The third-order valence-electron chi connectivity index (χ3n) is 0.887. The van der Waals surface area contributed by atoms with E-state index in [9.17, 15) is 4.79 Å². The Morgan fingerprint density at radius 3 is 2.22 bits per heavy atom. The van der Waals surface area contributed by atoms with E-state index in [0.717, 1.165) is 4.55 Å². The van der Waals surface area contributed by atoms with Crippen molar-refractivity contribution in [3.63, 3.8) is 0 Å². The maximum Gasteiger partial charge on any atom is 0.359 e.